The fourth-order valence-corrected chi connectivity index (χ4v) is 7.58. The molecule has 40 heavy (non-hydrogen) atoms. The van der Waals surface area contributed by atoms with Crippen molar-refractivity contribution in [3.63, 3.8) is 0 Å². The van der Waals surface area contributed by atoms with Crippen molar-refractivity contribution in [1.29, 1.82) is 0 Å². The number of likely N-dealkylation sites (tertiary alicyclic amines) is 1. The zero-order valence-corrected chi connectivity index (χ0v) is 22.1. The van der Waals surface area contributed by atoms with Crippen LogP contribution in [0.1, 0.15) is 36.0 Å². The Hall–Kier alpha value is -4.24. The molecule has 3 amide bonds. The number of hydrogen-bond donors (Lipinski definition) is 3. The quantitative estimate of drug-likeness (QED) is 0.423. The van der Waals surface area contributed by atoms with E-state index in [1.807, 2.05) is 42.5 Å². The van der Waals surface area contributed by atoms with E-state index in [0.717, 1.165) is 16.7 Å². The van der Waals surface area contributed by atoms with Crippen LogP contribution in [0, 0.1) is 0 Å². The average Bonchev–Trinajstić information content (AvgIpc) is 3.60. The fraction of sp³-hybridized carbons (Fsp3) is 0.355. The van der Waals surface area contributed by atoms with Crippen molar-refractivity contribution in [3.05, 3.63) is 83.8 Å². The molecule has 2 aromatic carbocycles. The molecule has 1 saturated heterocycles. The van der Waals surface area contributed by atoms with Gasteiger partial charge in [0.1, 0.15) is 6.10 Å². The Kier molecular flexibility index (Phi) is 5.67. The van der Waals surface area contributed by atoms with E-state index in [9.17, 15) is 14.7 Å². The molecule has 2 aliphatic heterocycles. The summed E-state index contributed by atoms with van der Waals surface area (Å²) in [4.78, 5) is 28.3. The maximum Gasteiger partial charge on any atom is 0.322 e. The molecular weight excluding hydrogens is 510 g/mol. The number of rotatable bonds is 5. The van der Waals surface area contributed by atoms with Gasteiger partial charge in [0.15, 0.2) is 11.5 Å². The predicted molar refractivity (Wildman–Crippen MR) is 147 cm³/mol. The molecule has 5 atom stereocenters. The van der Waals surface area contributed by atoms with Crippen LogP contribution in [0.4, 0.5) is 10.5 Å². The number of carbonyl (C=O) groups excluding carboxylic acids is 2. The molecule has 0 radical (unpaired) electrons. The van der Waals surface area contributed by atoms with Gasteiger partial charge in [0.25, 0.3) is 0 Å². The highest BCUT2D eigenvalue weighted by atomic mass is 16.5. The topological polar surface area (TPSA) is 113 Å². The number of amides is 3. The number of para-hydroxylation sites is 1. The lowest BCUT2D eigenvalue weighted by Gasteiger charge is -2.63. The SMILES string of the molecule is COc1ccc2c3c1O[C@@H]1[C@@H](NC(=O)/C=C/c4ccoc4)CC[C@]4(O)[C@H](C2)N(C(=O)Nc2ccccc2)CC[C@@]314. The third kappa shape index (κ3) is 3.50. The first-order chi connectivity index (χ1) is 19.4. The summed E-state index contributed by atoms with van der Waals surface area (Å²) in [5.41, 5.74) is 1.48. The van der Waals surface area contributed by atoms with Crippen LogP contribution in [0.5, 0.6) is 11.5 Å². The number of ether oxygens (including phenoxy) is 2. The Bertz CT molecular complexity index is 1490. The van der Waals surface area contributed by atoms with E-state index in [2.05, 4.69) is 10.6 Å². The first-order valence-electron chi connectivity index (χ1n) is 13.7. The van der Waals surface area contributed by atoms with Crippen molar-refractivity contribution >= 4 is 23.7 Å². The number of aliphatic hydroxyl groups is 1. The second kappa shape index (κ2) is 9.16. The molecule has 2 fully saturated rings. The van der Waals surface area contributed by atoms with E-state index in [1.54, 1.807) is 36.7 Å². The summed E-state index contributed by atoms with van der Waals surface area (Å²) < 4.78 is 17.4. The van der Waals surface area contributed by atoms with Gasteiger partial charge in [0, 0.05) is 29.4 Å². The van der Waals surface area contributed by atoms with Gasteiger partial charge >= 0.3 is 6.03 Å². The number of methoxy groups -OCH3 is 1. The van der Waals surface area contributed by atoms with Crippen LogP contribution < -0.4 is 20.1 Å². The van der Waals surface area contributed by atoms with Crippen LogP contribution in [0.2, 0.25) is 0 Å². The van der Waals surface area contributed by atoms with Crippen LogP contribution in [0.3, 0.4) is 0 Å². The van der Waals surface area contributed by atoms with E-state index in [4.69, 9.17) is 13.9 Å². The van der Waals surface area contributed by atoms with Crippen LogP contribution >= 0.6 is 0 Å². The Labute approximate surface area is 231 Å². The minimum Gasteiger partial charge on any atom is -0.493 e. The molecular formula is C31H31N3O6. The molecule has 1 saturated carbocycles. The molecule has 3 N–H and O–H groups in total. The van der Waals surface area contributed by atoms with Gasteiger partial charge in [-0.1, -0.05) is 24.3 Å². The highest BCUT2D eigenvalue weighted by Gasteiger charge is 2.73. The maximum absolute atomic E-state index is 13.5. The molecule has 0 unspecified atom stereocenters. The third-order valence-electron chi connectivity index (χ3n) is 9.25. The Balaban J connectivity index is 1.24. The number of urea groups is 1. The summed E-state index contributed by atoms with van der Waals surface area (Å²) in [6.07, 6.45) is 7.72. The molecule has 2 aliphatic carbocycles. The van der Waals surface area contributed by atoms with Crippen molar-refractivity contribution < 1.29 is 28.6 Å². The second-order valence-corrected chi connectivity index (χ2v) is 11.1. The minimum atomic E-state index is -1.23. The Morgan fingerprint density at radius 1 is 1.15 bits per heavy atom. The van der Waals surface area contributed by atoms with Crippen molar-refractivity contribution in [2.24, 2.45) is 0 Å². The number of nitrogens with one attached hydrogen (secondary N) is 2. The van der Waals surface area contributed by atoms with Crippen molar-refractivity contribution in [2.45, 2.75) is 54.9 Å². The normalized spacial score (nSPS) is 29.4. The smallest absolute Gasteiger partial charge is 0.322 e. The van der Waals surface area contributed by atoms with Gasteiger partial charge in [0.2, 0.25) is 5.91 Å². The molecule has 1 spiro atoms. The number of anilines is 1. The van der Waals surface area contributed by atoms with Gasteiger partial charge in [-0.25, -0.2) is 4.79 Å². The van der Waals surface area contributed by atoms with Crippen LogP contribution in [-0.2, 0) is 16.6 Å². The van der Waals surface area contributed by atoms with Gasteiger partial charge in [-0.05, 0) is 61.6 Å². The zero-order chi connectivity index (χ0) is 27.5. The van der Waals surface area contributed by atoms with Crippen LogP contribution in [0.15, 0.2) is 71.6 Å². The highest BCUT2D eigenvalue weighted by molar-refractivity contribution is 5.92. The van der Waals surface area contributed by atoms with Crippen molar-refractivity contribution in [3.8, 4) is 11.5 Å². The molecule has 3 aromatic rings. The van der Waals surface area contributed by atoms with Gasteiger partial charge < -0.3 is 34.5 Å². The molecule has 206 valence electrons. The van der Waals surface area contributed by atoms with E-state index in [1.165, 1.54) is 6.08 Å². The summed E-state index contributed by atoms with van der Waals surface area (Å²) in [6.45, 7) is 0.447. The van der Waals surface area contributed by atoms with Gasteiger partial charge in [-0.15, -0.1) is 0 Å². The highest BCUT2D eigenvalue weighted by Crippen LogP contribution is 2.65. The number of hydrogen-bond acceptors (Lipinski definition) is 6. The van der Waals surface area contributed by atoms with Crippen LogP contribution in [-0.4, -0.2) is 59.4 Å². The monoisotopic (exact) mass is 541 g/mol. The summed E-state index contributed by atoms with van der Waals surface area (Å²) >= 11 is 0. The standard InChI is InChI=1S/C31H31N3O6/c1-38-23-9-8-20-17-24-31(37)13-11-22(33-25(35)10-7-19-12-16-39-18-19)28-30(31,26(20)27(23)40-28)14-15-34(24)29(36)32-21-5-3-2-4-6-21/h2-10,12,16,18,22,24,28,37H,11,13-15,17H2,1H3,(H,32,36)(H,33,35)/b10-7+/t22-,24-,28+,30+,31-/m0/s1. The number of furan rings is 1. The first kappa shape index (κ1) is 24.8. The van der Waals surface area contributed by atoms with Crippen molar-refractivity contribution in [2.75, 3.05) is 19.0 Å². The predicted octanol–water partition coefficient (Wildman–Crippen LogP) is 3.87. The molecule has 7 rings (SSSR count). The largest absolute Gasteiger partial charge is 0.493 e. The lowest BCUT2D eigenvalue weighted by molar-refractivity contribution is -0.181. The lowest BCUT2D eigenvalue weighted by atomic mass is 9.48. The number of nitrogens with zero attached hydrogens (tertiary/aromatic N) is 1. The van der Waals surface area contributed by atoms with Crippen molar-refractivity contribution in [1.82, 2.24) is 10.2 Å². The third-order valence-corrected chi connectivity index (χ3v) is 9.25. The number of piperidine rings is 1. The molecule has 9 nitrogen and oxygen atoms in total. The average molecular weight is 542 g/mol. The van der Waals surface area contributed by atoms with E-state index in [-0.39, 0.29) is 18.0 Å². The Morgan fingerprint density at radius 2 is 2.00 bits per heavy atom. The number of carbonyl (C=O) groups is 2. The molecule has 3 heterocycles. The van der Waals surface area contributed by atoms with E-state index < -0.39 is 23.2 Å². The molecule has 4 aliphatic rings. The first-order valence-corrected chi connectivity index (χ1v) is 13.7. The second-order valence-electron chi connectivity index (χ2n) is 11.1. The van der Waals surface area contributed by atoms with Gasteiger partial charge in [0.05, 0.1) is 42.7 Å². The lowest BCUT2D eigenvalue weighted by Crippen LogP contribution is -2.78. The van der Waals surface area contributed by atoms with E-state index >= 15 is 0 Å². The zero-order valence-electron chi connectivity index (χ0n) is 22.1. The number of benzene rings is 2. The fourth-order valence-electron chi connectivity index (χ4n) is 7.58. The van der Waals surface area contributed by atoms with Crippen LogP contribution in [0.25, 0.3) is 6.08 Å². The summed E-state index contributed by atoms with van der Waals surface area (Å²) in [7, 11) is 1.61. The van der Waals surface area contributed by atoms with Gasteiger partial charge in [-0.2, -0.15) is 0 Å². The van der Waals surface area contributed by atoms with Gasteiger partial charge in [-0.3, -0.25) is 4.79 Å². The van der Waals surface area contributed by atoms with E-state index in [0.29, 0.717) is 49.4 Å². The maximum atomic E-state index is 13.5. The summed E-state index contributed by atoms with van der Waals surface area (Å²) in [5, 5.41) is 18.8. The molecule has 9 heteroatoms. The summed E-state index contributed by atoms with van der Waals surface area (Å²) in [5.74, 6) is 1.00. The molecule has 1 aromatic heterocycles. The molecule has 2 bridgehead atoms. The minimum absolute atomic E-state index is 0.230. The Morgan fingerprint density at radius 3 is 2.77 bits per heavy atom. The summed E-state index contributed by atoms with van der Waals surface area (Å²) in [6, 6.07) is 14.0.